The van der Waals surface area contributed by atoms with Gasteiger partial charge in [0.25, 0.3) is 0 Å². The van der Waals surface area contributed by atoms with Crippen LogP contribution in [0, 0.1) is 0 Å². The van der Waals surface area contributed by atoms with Crippen molar-refractivity contribution < 1.29 is 0 Å². The minimum Gasteiger partial charge on any atom is -0.0843 e. The van der Waals surface area contributed by atoms with Gasteiger partial charge >= 0.3 is 0 Å². The van der Waals surface area contributed by atoms with E-state index in [2.05, 4.69) is 12.1 Å². The molecule has 0 fully saturated rings. The molecule has 46 valence electrons. The number of benzene rings is 1. The average Bonchev–Trinajstić information content (AvgIpc) is 1.78. The van der Waals surface area contributed by atoms with Gasteiger partial charge in [0.05, 0.1) is 0 Å². The summed E-state index contributed by atoms with van der Waals surface area (Å²) in [6.07, 6.45) is 2.46. The van der Waals surface area contributed by atoms with Gasteiger partial charge < -0.3 is 0 Å². The zero-order chi connectivity index (χ0) is 6.27. The van der Waals surface area contributed by atoms with Gasteiger partial charge in [-0.2, -0.15) is 0 Å². The molecule has 0 unspecified atom stereocenters. The molecule has 0 bridgehead atoms. The monoisotopic (exact) mass is 138 g/mol. The fourth-order valence-corrected chi connectivity index (χ4v) is 1.36. The molecule has 0 N–H and O–H groups in total. The SMILES string of the molecule is Clc1ccc2c(c1)CC2. The predicted octanol–water partition coefficient (Wildman–Crippen LogP) is 2.44. The highest BCUT2D eigenvalue weighted by atomic mass is 35.5. The summed E-state index contributed by atoms with van der Waals surface area (Å²) in [5.74, 6) is 0. The summed E-state index contributed by atoms with van der Waals surface area (Å²) in [5, 5.41) is 0.869. The smallest absolute Gasteiger partial charge is 0.0408 e. The zero-order valence-electron chi connectivity index (χ0n) is 5.02. The second-order valence-electron chi connectivity index (χ2n) is 2.41. The van der Waals surface area contributed by atoms with Crippen LogP contribution < -0.4 is 0 Å². The van der Waals surface area contributed by atoms with Crippen molar-refractivity contribution in [1.82, 2.24) is 0 Å². The summed E-state index contributed by atoms with van der Waals surface area (Å²) in [6.45, 7) is 0. The Kier molecular flexibility index (Phi) is 1.03. The van der Waals surface area contributed by atoms with Crippen molar-refractivity contribution >= 4 is 11.6 Å². The molecule has 2 rings (SSSR count). The molecular weight excluding hydrogens is 132 g/mol. The third-order valence-electron chi connectivity index (χ3n) is 1.83. The van der Waals surface area contributed by atoms with Gasteiger partial charge in [-0.25, -0.2) is 0 Å². The third-order valence-corrected chi connectivity index (χ3v) is 2.07. The standard InChI is InChI=1S/C8H7Cl/c9-8-4-3-6-1-2-7(6)5-8/h3-5H,1-2H2. The molecule has 0 atom stereocenters. The molecule has 1 aliphatic rings. The molecule has 0 saturated heterocycles. The molecule has 0 amide bonds. The van der Waals surface area contributed by atoms with Crippen LogP contribution in [0.2, 0.25) is 5.02 Å². The lowest BCUT2D eigenvalue weighted by atomic mass is 9.89. The molecular formula is C8H7Cl. The maximum absolute atomic E-state index is 5.75. The molecule has 0 saturated carbocycles. The van der Waals surface area contributed by atoms with Crippen LogP contribution in [0.5, 0.6) is 0 Å². The first-order chi connectivity index (χ1) is 4.36. The molecule has 0 nitrogen and oxygen atoms in total. The summed E-state index contributed by atoms with van der Waals surface area (Å²) in [7, 11) is 0. The number of hydrogen-bond acceptors (Lipinski definition) is 0. The summed E-state index contributed by atoms with van der Waals surface area (Å²) < 4.78 is 0. The van der Waals surface area contributed by atoms with Crippen molar-refractivity contribution in [3.8, 4) is 0 Å². The van der Waals surface area contributed by atoms with Crippen LogP contribution in [-0.4, -0.2) is 0 Å². The molecule has 1 heteroatoms. The number of fused-ring (bicyclic) bond motifs is 1. The molecule has 9 heavy (non-hydrogen) atoms. The Morgan fingerprint density at radius 1 is 1.11 bits per heavy atom. The Morgan fingerprint density at radius 3 is 2.33 bits per heavy atom. The molecule has 0 aromatic heterocycles. The van der Waals surface area contributed by atoms with Gasteiger partial charge in [0, 0.05) is 5.02 Å². The van der Waals surface area contributed by atoms with Crippen molar-refractivity contribution in [1.29, 1.82) is 0 Å². The van der Waals surface area contributed by atoms with Crippen molar-refractivity contribution in [2.45, 2.75) is 12.8 Å². The zero-order valence-corrected chi connectivity index (χ0v) is 5.78. The number of halogens is 1. The third kappa shape index (κ3) is 0.744. The Hall–Kier alpha value is -0.490. The van der Waals surface area contributed by atoms with Crippen LogP contribution in [0.3, 0.4) is 0 Å². The lowest BCUT2D eigenvalue weighted by Gasteiger charge is -2.17. The van der Waals surface area contributed by atoms with Gasteiger partial charge in [-0.3, -0.25) is 0 Å². The normalized spacial score (nSPS) is 14.3. The Balaban J connectivity index is 2.57. The van der Waals surface area contributed by atoms with E-state index < -0.39 is 0 Å². The molecule has 0 radical (unpaired) electrons. The summed E-state index contributed by atoms with van der Waals surface area (Å²) in [4.78, 5) is 0. The summed E-state index contributed by atoms with van der Waals surface area (Å²) in [5.41, 5.74) is 2.90. The van der Waals surface area contributed by atoms with E-state index in [0.29, 0.717) is 0 Å². The van der Waals surface area contributed by atoms with Gasteiger partial charge in [-0.1, -0.05) is 17.7 Å². The predicted molar refractivity (Wildman–Crippen MR) is 38.9 cm³/mol. The maximum atomic E-state index is 5.75. The highest BCUT2D eigenvalue weighted by Gasteiger charge is 2.11. The fraction of sp³-hybridized carbons (Fsp3) is 0.250. The molecule has 1 aromatic rings. The van der Waals surface area contributed by atoms with E-state index >= 15 is 0 Å². The van der Waals surface area contributed by atoms with Crippen LogP contribution >= 0.6 is 11.6 Å². The lowest BCUT2D eigenvalue weighted by molar-refractivity contribution is 0.840. The lowest BCUT2D eigenvalue weighted by Crippen LogP contribution is -2.06. The van der Waals surface area contributed by atoms with Crippen LogP contribution in [0.4, 0.5) is 0 Å². The van der Waals surface area contributed by atoms with Gasteiger partial charge in [0.15, 0.2) is 0 Å². The highest BCUT2D eigenvalue weighted by molar-refractivity contribution is 6.30. The first-order valence-electron chi connectivity index (χ1n) is 3.13. The first kappa shape index (κ1) is 5.31. The molecule has 0 aliphatic heterocycles. The van der Waals surface area contributed by atoms with Gasteiger partial charge in [-0.15, -0.1) is 0 Å². The van der Waals surface area contributed by atoms with Gasteiger partial charge in [-0.05, 0) is 36.1 Å². The van der Waals surface area contributed by atoms with E-state index in [9.17, 15) is 0 Å². The molecule has 0 spiro atoms. The van der Waals surface area contributed by atoms with Crippen LogP contribution in [0.15, 0.2) is 18.2 Å². The first-order valence-corrected chi connectivity index (χ1v) is 3.51. The van der Waals surface area contributed by atoms with Crippen LogP contribution in [-0.2, 0) is 12.8 Å². The summed E-state index contributed by atoms with van der Waals surface area (Å²) >= 11 is 5.75. The van der Waals surface area contributed by atoms with Crippen molar-refractivity contribution in [3.63, 3.8) is 0 Å². The minimum absolute atomic E-state index is 0.869. The van der Waals surface area contributed by atoms with E-state index in [1.807, 2.05) is 6.07 Å². The summed E-state index contributed by atoms with van der Waals surface area (Å²) in [6, 6.07) is 6.13. The quantitative estimate of drug-likeness (QED) is 0.517. The van der Waals surface area contributed by atoms with Gasteiger partial charge in [0.2, 0.25) is 0 Å². The van der Waals surface area contributed by atoms with E-state index in [1.54, 1.807) is 0 Å². The fourth-order valence-electron chi connectivity index (χ4n) is 1.16. The number of rotatable bonds is 0. The van der Waals surface area contributed by atoms with Crippen LogP contribution in [0.25, 0.3) is 0 Å². The van der Waals surface area contributed by atoms with E-state index in [1.165, 1.54) is 24.0 Å². The van der Waals surface area contributed by atoms with Crippen molar-refractivity contribution in [2.24, 2.45) is 0 Å². The number of hydrogen-bond donors (Lipinski definition) is 0. The van der Waals surface area contributed by atoms with Crippen molar-refractivity contribution in [3.05, 3.63) is 34.3 Å². The largest absolute Gasteiger partial charge is 0.0843 e. The topological polar surface area (TPSA) is 0 Å². The minimum atomic E-state index is 0.869. The second kappa shape index (κ2) is 1.74. The molecule has 0 heterocycles. The molecule has 1 aliphatic carbocycles. The number of aryl methyl sites for hydroxylation is 2. The second-order valence-corrected chi connectivity index (χ2v) is 2.85. The van der Waals surface area contributed by atoms with Gasteiger partial charge in [0.1, 0.15) is 0 Å². The Labute approximate surface area is 59.5 Å². The maximum Gasteiger partial charge on any atom is 0.0408 e. The van der Waals surface area contributed by atoms with Crippen molar-refractivity contribution in [2.75, 3.05) is 0 Å². The Morgan fingerprint density at radius 2 is 1.89 bits per heavy atom. The van der Waals surface area contributed by atoms with E-state index in [0.717, 1.165) is 5.02 Å². The van der Waals surface area contributed by atoms with Crippen LogP contribution in [0.1, 0.15) is 11.1 Å². The Bertz CT molecular complexity index is 240. The van der Waals surface area contributed by atoms with E-state index in [4.69, 9.17) is 11.6 Å². The molecule has 1 aromatic carbocycles. The average molecular weight is 139 g/mol. The van der Waals surface area contributed by atoms with E-state index in [-0.39, 0.29) is 0 Å². The highest BCUT2D eigenvalue weighted by Crippen LogP contribution is 2.25.